The molecule has 46 heavy (non-hydrogen) atoms. The Bertz CT molecular complexity index is 1800. The van der Waals surface area contributed by atoms with E-state index in [9.17, 15) is 42.1 Å². The number of aromatic carboxylic acids is 1. The molecule has 0 aliphatic carbocycles. The second-order valence-corrected chi connectivity index (χ2v) is 12.8. The minimum absolute atomic E-state index is 0.00824. The van der Waals surface area contributed by atoms with Gasteiger partial charge in [0.2, 0.25) is 0 Å². The highest BCUT2D eigenvalue weighted by molar-refractivity contribution is 7.93. The number of anilines is 1. The molecule has 2 atom stereocenters. The lowest BCUT2D eigenvalue weighted by atomic mass is 10.00. The number of hydrogen-bond donors (Lipinski definition) is 5. The van der Waals surface area contributed by atoms with Crippen LogP contribution in [0.15, 0.2) is 77.7 Å². The Morgan fingerprint density at radius 3 is 1.87 bits per heavy atom. The SMILES string of the molecule is CC(C)c1c(S(=O)(=O)Nc2ccc(C(=O)O)cc2)c(-c2ccc(F)cc2)c(-c2ccc(F)cc2)n1CC[C@@H](O)C[C@@H](O)CC(=O)O. The van der Waals surface area contributed by atoms with Gasteiger partial charge in [-0.2, -0.15) is 0 Å². The van der Waals surface area contributed by atoms with Gasteiger partial charge in [0.1, 0.15) is 16.5 Å². The maximum atomic E-state index is 14.3. The smallest absolute Gasteiger partial charge is 0.335 e. The summed E-state index contributed by atoms with van der Waals surface area (Å²) < 4.78 is 61.0. The summed E-state index contributed by atoms with van der Waals surface area (Å²) in [5, 5.41) is 39.0. The largest absolute Gasteiger partial charge is 0.481 e. The number of rotatable bonds is 14. The van der Waals surface area contributed by atoms with Gasteiger partial charge in [-0.15, -0.1) is 0 Å². The molecule has 4 aromatic rings. The van der Waals surface area contributed by atoms with Crippen molar-refractivity contribution in [3.05, 3.63) is 95.7 Å². The molecule has 0 aliphatic rings. The van der Waals surface area contributed by atoms with Crippen LogP contribution in [0.5, 0.6) is 0 Å². The first-order valence-electron chi connectivity index (χ1n) is 14.4. The summed E-state index contributed by atoms with van der Waals surface area (Å²) in [4.78, 5) is 22.2. The van der Waals surface area contributed by atoms with Gasteiger partial charge in [0.25, 0.3) is 10.0 Å². The Kier molecular flexibility index (Phi) is 10.6. The standard InChI is InChI=1S/C33H34F2N2O8S/c1-19(2)30-32(46(44,45)36-25-13-7-22(8-14-25)33(42)43)29(20-3-9-23(34)10-4-20)31(21-5-11-24(35)12-6-21)37(30)16-15-26(38)17-27(39)18-28(40)41/h3-14,19,26-27,36,38-39H,15-18H2,1-2H3,(H,40,41)(H,42,43)/t26-,27-/m1/s1. The van der Waals surface area contributed by atoms with Crippen molar-refractivity contribution < 1.29 is 47.2 Å². The van der Waals surface area contributed by atoms with E-state index in [4.69, 9.17) is 5.11 Å². The molecular weight excluding hydrogens is 622 g/mol. The summed E-state index contributed by atoms with van der Waals surface area (Å²) in [5.41, 5.74) is 1.64. The van der Waals surface area contributed by atoms with Crippen LogP contribution >= 0.6 is 0 Å². The predicted octanol–water partition coefficient (Wildman–Crippen LogP) is 5.70. The molecule has 5 N–H and O–H groups in total. The van der Waals surface area contributed by atoms with E-state index in [2.05, 4.69) is 4.72 Å². The molecule has 244 valence electrons. The van der Waals surface area contributed by atoms with Gasteiger partial charge in [0.15, 0.2) is 0 Å². The number of sulfonamides is 1. The zero-order valence-corrected chi connectivity index (χ0v) is 25.8. The number of aliphatic carboxylic acids is 1. The number of nitrogens with zero attached hydrogens (tertiary/aromatic N) is 1. The monoisotopic (exact) mass is 656 g/mol. The molecule has 1 heterocycles. The van der Waals surface area contributed by atoms with E-state index >= 15 is 0 Å². The van der Waals surface area contributed by atoms with Crippen molar-refractivity contribution in [3.8, 4) is 22.4 Å². The van der Waals surface area contributed by atoms with Crippen LogP contribution in [0.25, 0.3) is 22.4 Å². The number of nitrogens with one attached hydrogen (secondary N) is 1. The summed E-state index contributed by atoms with van der Waals surface area (Å²) in [7, 11) is -4.45. The van der Waals surface area contributed by atoms with Crippen LogP contribution in [0.3, 0.4) is 0 Å². The predicted molar refractivity (Wildman–Crippen MR) is 167 cm³/mol. The molecule has 1 aromatic heterocycles. The fraction of sp³-hybridized carbons (Fsp3) is 0.273. The number of carboxylic acid groups (broad SMARTS) is 2. The Balaban J connectivity index is 1.96. The highest BCUT2D eigenvalue weighted by Gasteiger charge is 2.34. The maximum absolute atomic E-state index is 14.3. The number of aliphatic hydroxyl groups excluding tert-OH is 2. The van der Waals surface area contributed by atoms with Gasteiger partial charge in [-0.1, -0.05) is 26.0 Å². The van der Waals surface area contributed by atoms with Crippen molar-refractivity contribution in [2.75, 3.05) is 4.72 Å². The fourth-order valence-corrected chi connectivity index (χ4v) is 7.02. The number of aromatic nitrogens is 1. The summed E-state index contributed by atoms with van der Waals surface area (Å²) in [6.45, 7) is 3.54. The van der Waals surface area contributed by atoms with Crippen molar-refractivity contribution in [1.82, 2.24) is 4.57 Å². The van der Waals surface area contributed by atoms with E-state index in [1.165, 1.54) is 72.8 Å². The van der Waals surface area contributed by atoms with E-state index in [1.54, 1.807) is 18.4 Å². The van der Waals surface area contributed by atoms with Gasteiger partial charge >= 0.3 is 11.9 Å². The summed E-state index contributed by atoms with van der Waals surface area (Å²) >= 11 is 0. The lowest BCUT2D eigenvalue weighted by molar-refractivity contribution is -0.139. The molecule has 0 bridgehead atoms. The quantitative estimate of drug-likeness (QED) is 0.115. The second kappa shape index (κ2) is 14.2. The molecule has 0 aliphatic heterocycles. The van der Waals surface area contributed by atoms with Crippen LogP contribution in [0.4, 0.5) is 14.5 Å². The van der Waals surface area contributed by atoms with Crippen LogP contribution in [-0.4, -0.2) is 57.6 Å². The molecule has 0 radical (unpaired) electrons. The van der Waals surface area contributed by atoms with Crippen LogP contribution in [0.2, 0.25) is 0 Å². The molecule has 0 saturated heterocycles. The Morgan fingerprint density at radius 2 is 1.37 bits per heavy atom. The molecule has 0 amide bonds. The first-order valence-corrected chi connectivity index (χ1v) is 15.9. The first-order chi connectivity index (χ1) is 21.7. The average molecular weight is 657 g/mol. The number of aliphatic hydroxyl groups is 2. The fourth-order valence-electron chi connectivity index (χ4n) is 5.37. The number of halogens is 2. The minimum atomic E-state index is -4.45. The van der Waals surface area contributed by atoms with E-state index in [-0.39, 0.29) is 41.1 Å². The average Bonchev–Trinajstić information content (AvgIpc) is 3.33. The van der Waals surface area contributed by atoms with Gasteiger partial charge in [-0.25, -0.2) is 22.0 Å². The minimum Gasteiger partial charge on any atom is -0.481 e. The van der Waals surface area contributed by atoms with Crippen LogP contribution in [0, 0.1) is 11.6 Å². The lowest BCUT2D eigenvalue weighted by Crippen LogP contribution is -2.22. The molecular formula is C33H34F2N2O8S. The van der Waals surface area contributed by atoms with Gasteiger partial charge < -0.3 is 25.0 Å². The highest BCUT2D eigenvalue weighted by Crippen LogP contribution is 2.45. The van der Waals surface area contributed by atoms with Crippen molar-refractivity contribution in [3.63, 3.8) is 0 Å². The van der Waals surface area contributed by atoms with Crippen molar-refractivity contribution in [2.24, 2.45) is 0 Å². The van der Waals surface area contributed by atoms with Gasteiger partial charge in [-0.05, 0) is 90.6 Å². The molecule has 13 heteroatoms. The lowest BCUT2D eigenvalue weighted by Gasteiger charge is -2.20. The van der Waals surface area contributed by atoms with Crippen LogP contribution in [-0.2, 0) is 21.4 Å². The second-order valence-electron chi connectivity index (χ2n) is 11.2. The molecule has 10 nitrogen and oxygen atoms in total. The van der Waals surface area contributed by atoms with Crippen molar-refractivity contribution >= 4 is 27.6 Å². The number of hydrogen-bond acceptors (Lipinski definition) is 6. The number of carbonyl (C=O) groups is 2. The zero-order valence-electron chi connectivity index (χ0n) is 25.0. The number of benzene rings is 3. The summed E-state index contributed by atoms with van der Waals surface area (Å²) in [6.07, 6.45) is -3.26. The van der Waals surface area contributed by atoms with E-state index in [1.807, 2.05) is 0 Å². The van der Waals surface area contributed by atoms with Gasteiger partial charge in [0, 0.05) is 23.5 Å². The number of carboxylic acids is 2. The normalized spacial score (nSPS) is 13.0. The first kappa shape index (κ1) is 34.3. The Hall–Kier alpha value is -4.59. The molecule has 0 fully saturated rings. The van der Waals surface area contributed by atoms with Gasteiger partial charge in [-0.3, -0.25) is 9.52 Å². The highest BCUT2D eigenvalue weighted by atomic mass is 32.2. The molecule has 4 rings (SSSR count). The third-order valence-electron chi connectivity index (χ3n) is 7.35. The van der Waals surface area contributed by atoms with E-state index < -0.39 is 58.1 Å². The Morgan fingerprint density at radius 1 is 0.826 bits per heavy atom. The summed E-state index contributed by atoms with van der Waals surface area (Å²) in [5.74, 6) is -3.95. The Labute approximate surface area is 264 Å². The molecule has 3 aromatic carbocycles. The molecule has 0 unspecified atom stereocenters. The topological polar surface area (TPSA) is 166 Å². The third-order valence-corrected chi connectivity index (χ3v) is 8.80. The van der Waals surface area contributed by atoms with Crippen LogP contribution < -0.4 is 4.72 Å². The maximum Gasteiger partial charge on any atom is 0.335 e. The van der Waals surface area contributed by atoms with Crippen molar-refractivity contribution in [2.45, 2.75) is 62.7 Å². The molecule has 0 spiro atoms. The molecule has 0 saturated carbocycles. The van der Waals surface area contributed by atoms with Crippen LogP contribution in [0.1, 0.15) is 55.1 Å². The van der Waals surface area contributed by atoms with E-state index in [0.717, 1.165) is 0 Å². The summed E-state index contributed by atoms with van der Waals surface area (Å²) in [6, 6.07) is 15.7. The van der Waals surface area contributed by atoms with E-state index in [0.29, 0.717) is 22.5 Å². The van der Waals surface area contributed by atoms with Gasteiger partial charge in [0.05, 0.1) is 29.9 Å². The third kappa shape index (κ3) is 7.97. The zero-order chi connectivity index (χ0) is 33.8. The van der Waals surface area contributed by atoms with Crippen molar-refractivity contribution in [1.29, 1.82) is 0 Å².